The third-order valence-electron chi connectivity index (χ3n) is 2.74. The largest absolute Gasteiger partial charge is 0.310 e. The van der Waals surface area contributed by atoms with Crippen molar-refractivity contribution in [2.24, 2.45) is 0 Å². The van der Waals surface area contributed by atoms with Crippen molar-refractivity contribution in [3.63, 3.8) is 0 Å². The third kappa shape index (κ3) is 3.69. The first-order valence-electron chi connectivity index (χ1n) is 5.74. The van der Waals surface area contributed by atoms with Crippen LogP contribution in [-0.2, 0) is 6.42 Å². The molecule has 0 spiro atoms. The summed E-state index contributed by atoms with van der Waals surface area (Å²) in [6, 6.07) is 6.16. The van der Waals surface area contributed by atoms with Crippen LogP contribution >= 0.6 is 34.5 Å². The molecule has 1 N–H and O–H groups in total. The standard InChI is InChI=1S/C13H14Cl2N2S/c1-9(11-7-12(14)18-13(11)15)17-6-4-10-3-2-5-16-8-10/h2-3,5,7-9,17H,4,6H2,1H3. The zero-order chi connectivity index (χ0) is 13.0. The van der Waals surface area contributed by atoms with Gasteiger partial charge in [-0.25, -0.2) is 0 Å². The Kier molecular flexibility index (Phi) is 5.01. The maximum absolute atomic E-state index is 6.12. The average molecular weight is 301 g/mol. The number of pyridine rings is 1. The van der Waals surface area contributed by atoms with E-state index in [0.717, 1.165) is 27.2 Å². The normalized spacial score (nSPS) is 12.6. The number of hydrogen-bond acceptors (Lipinski definition) is 3. The first-order valence-corrected chi connectivity index (χ1v) is 7.31. The quantitative estimate of drug-likeness (QED) is 0.888. The monoisotopic (exact) mass is 300 g/mol. The van der Waals surface area contributed by atoms with E-state index < -0.39 is 0 Å². The number of thiophene rings is 1. The van der Waals surface area contributed by atoms with Crippen LogP contribution < -0.4 is 5.32 Å². The summed E-state index contributed by atoms with van der Waals surface area (Å²) >= 11 is 13.5. The molecule has 0 aliphatic rings. The maximum atomic E-state index is 6.12. The van der Waals surface area contributed by atoms with Gasteiger partial charge in [0, 0.05) is 18.4 Å². The molecule has 0 bridgehead atoms. The molecule has 2 aromatic heterocycles. The van der Waals surface area contributed by atoms with Gasteiger partial charge in [0.05, 0.1) is 8.67 Å². The first-order chi connectivity index (χ1) is 8.66. The second-order valence-corrected chi connectivity index (χ2v) is 6.35. The lowest BCUT2D eigenvalue weighted by atomic mass is 10.1. The van der Waals surface area contributed by atoms with Crippen LogP contribution in [0, 0.1) is 0 Å². The molecule has 0 amide bonds. The van der Waals surface area contributed by atoms with Crippen LogP contribution in [0.15, 0.2) is 30.6 Å². The van der Waals surface area contributed by atoms with Gasteiger partial charge in [0.1, 0.15) is 0 Å². The van der Waals surface area contributed by atoms with Crippen LogP contribution in [0.1, 0.15) is 24.1 Å². The van der Waals surface area contributed by atoms with Gasteiger partial charge >= 0.3 is 0 Å². The second kappa shape index (κ2) is 6.53. The molecule has 2 rings (SSSR count). The van der Waals surface area contributed by atoms with E-state index in [4.69, 9.17) is 23.2 Å². The van der Waals surface area contributed by atoms with Gasteiger partial charge < -0.3 is 5.32 Å². The summed E-state index contributed by atoms with van der Waals surface area (Å²) in [5.74, 6) is 0. The zero-order valence-corrected chi connectivity index (χ0v) is 12.3. The van der Waals surface area contributed by atoms with Crippen molar-refractivity contribution in [1.82, 2.24) is 10.3 Å². The average Bonchev–Trinajstić information content (AvgIpc) is 2.70. The first kappa shape index (κ1) is 13.8. The topological polar surface area (TPSA) is 24.9 Å². The Balaban J connectivity index is 1.85. The molecule has 2 nitrogen and oxygen atoms in total. The fourth-order valence-corrected chi connectivity index (χ4v) is 3.38. The lowest BCUT2D eigenvalue weighted by molar-refractivity contribution is 0.578. The molecule has 0 fully saturated rings. The molecule has 5 heteroatoms. The molecule has 0 radical (unpaired) electrons. The fraction of sp³-hybridized carbons (Fsp3) is 0.308. The van der Waals surface area contributed by atoms with Gasteiger partial charge in [0.15, 0.2) is 0 Å². The van der Waals surface area contributed by atoms with Gasteiger partial charge in [0.2, 0.25) is 0 Å². The number of hydrogen-bond donors (Lipinski definition) is 1. The van der Waals surface area contributed by atoms with E-state index in [2.05, 4.69) is 23.3 Å². The van der Waals surface area contributed by atoms with Gasteiger partial charge in [0.25, 0.3) is 0 Å². The molecule has 0 aliphatic carbocycles. The van der Waals surface area contributed by atoms with Crippen LogP contribution in [0.5, 0.6) is 0 Å². The van der Waals surface area contributed by atoms with Crippen molar-refractivity contribution in [3.8, 4) is 0 Å². The molecular weight excluding hydrogens is 287 g/mol. The minimum absolute atomic E-state index is 0.206. The number of halogens is 2. The fourth-order valence-electron chi connectivity index (χ4n) is 1.74. The zero-order valence-electron chi connectivity index (χ0n) is 9.99. The molecule has 2 aromatic rings. The Morgan fingerprint density at radius 2 is 2.28 bits per heavy atom. The van der Waals surface area contributed by atoms with Crippen LogP contribution in [0.3, 0.4) is 0 Å². The molecule has 0 saturated carbocycles. The second-order valence-electron chi connectivity index (χ2n) is 4.07. The van der Waals surface area contributed by atoms with Crippen molar-refractivity contribution in [1.29, 1.82) is 0 Å². The Hall–Kier alpha value is -0.610. The molecule has 0 aromatic carbocycles. The van der Waals surface area contributed by atoms with E-state index in [9.17, 15) is 0 Å². The number of nitrogens with zero attached hydrogens (tertiary/aromatic N) is 1. The highest BCUT2D eigenvalue weighted by Gasteiger charge is 2.12. The van der Waals surface area contributed by atoms with E-state index in [1.807, 2.05) is 18.3 Å². The van der Waals surface area contributed by atoms with E-state index in [1.54, 1.807) is 6.20 Å². The van der Waals surface area contributed by atoms with E-state index in [0.29, 0.717) is 0 Å². The van der Waals surface area contributed by atoms with Crippen molar-refractivity contribution in [2.45, 2.75) is 19.4 Å². The highest BCUT2D eigenvalue weighted by molar-refractivity contribution is 7.20. The van der Waals surface area contributed by atoms with Crippen LogP contribution in [0.2, 0.25) is 8.67 Å². The molecule has 2 heterocycles. The third-order valence-corrected chi connectivity index (χ3v) is 4.25. The minimum Gasteiger partial charge on any atom is -0.310 e. The summed E-state index contributed by atoms with van der Waals surface area (Å²) in [7, 11) is 0. The van der Waals surface area contributed by atoms with Crippen LogP contribution in [-0.4, -0.2) is 11.5 Å². The summed E-state index contributed by atoms with van der Waals surface area (Å²) in [6.45, 7) is 2.98. The molecule has 1 unspecified atom stereocenters. The van der Waals surface area contributed by atoms with Gasteiger partial charge in [-0.1, -0.05) is 29.3 Å². The molecule has 0 aliphatic heterocycles. The summed E-state index contributed by atoms with van der Waals surface area (Å²) in [5.41, 5.74) is 2.30. The van der Waals surface area contributed by atoms with Crippen LogP contribution in [0.4, 0.5) is 0 Å². The lowest BCUT2D eigenvalue weighted by Crippen LogP contribution is -2.21. The molecule has 0 saturated heterocycles. The Labute approximate surface area is 121 Å². The predicted octanol–water partition coefficient (Wildman–Crippen LogP) is 4.34. The van der Waals surface area contributed by atoms with Crippen LogP contribution in [0.25, 0.3) is 0 Å². The summed E-state index contributed by atoms with van der Waals surface area (Å²) < 4.78 is 1.50. The van der Waals surface area contributed by atoms with Crippen molar-refractivity contribution >= 4 is 34.5 Å². The van der Waals surface area contributed by atoms with Gasteiger partial charge in [-0.05, 0) is 43.1 Å². The summed E-state index contributed by atoms with van der Waals surface area (Å²) in [6.07, 6.45) is 4.63. The molecule has 96 valence electrons. The van der Waals surface area contributed by atoms with Crippen molar-refractivity contribution < 1.29 is 0 Å². The van der Waals surface area contributed by atoms with Gasteiger partial charge in [-0.3, -0.25) is 4.98 Å². The van der Waals surface area contributed by atoms with E-state index >= 15 is 0 Å². The van der Waals surface area contributed by atoms with Crippen molar-refractivity contribution in [2.75, 3.05) is 6.54 Å². The molecular formula is C13H14Cl2N2S. The summed E-state index contributed by atoms with van der Waals surface area (Å²) in [5, 5.41) is 3.44. The highest BCUT2D eigenvalue weighted by atomic mass is 35.5. The van der Waals surface area contributed by atoms with E-state index in [-0.39, 0.29) is 6.04 Å². The smallest absolute Gasteiger partial charge is 0.0991 e. The Bertz CT molecular complexity index is 499. The Morgan fingerprint density at radius 3 is 2.89 bits per heavy atom. The van der Waals surface area contributed by atoms with Crippen molar-refractivity contribution in [3.05, 3.63) is 50.4 Å². The molecule has 18 heavy (non-hydrogen) atoms. The highest BCUT2D eigenvalue weighted by Crippen LogP contribution is 2.34. The Morgan fingerprint density at radius 1 is 1.44 bits per heavy atom. The number of aromatic nitrogens is 1. The van der Waals surface area contributed by atoms with Gasteiger partial charge in [-0.2, -0.15) is 0 Å². The SMILES string of the molecule is CC(NCCc1cccnc1)c1cc(Cl)sc1Cl. The number of rotatable bonds is 5. The maximum Gasteiger partial charge on any atom is 0.0991 e. The van der Waals surface area contributed by atoms with E-state index in [1.165, 1.54) is 16.9 Å². The van der Waals surface area contributed by atoms with Gasteiger partial charge in [-0.15, -0.1) is 11.3 Å². The minimum atomic E-state index is 0.206. The summed E-state index contributed by atoms with van der Waals surface area (Å²) in [4.78, 5) is 4.09. The molecule has 1 atom stereocenters. The number of nitrogens with one attached hydrogen (secondary N) is 1. The predicted molar refractivity (Wildman–Crippen MR) is 78.7 cm³/mol. The lowest BCUT2D eigenvalue weighted by Gasteiger charge is -2.13.